The summed E-state index contributed by atoms with van der Waals surface area (Å²) < 4.78 is 31.3. The normalized spacial score (nSPS) is 15.3. The Morgan fingerprint density at radius 3 is 2.37 bits per heavy atom. The quantitative estimate of drug-likeness (QED) is 0.396. The van der Waals surface area contributed by atoms with E-state index in [-0.39, 0.29) is 11.5 Å². The van der Waals surface area contributed by atoms with E-state index in [4.69, 9.17) is 9.51 Å². The Morgan fingerprint density at radius 1 is 1.07 bits per heavy atom. The SMILES string of the molecule is Cc1noc(C)c1-c1cc(C(C)c2ccc(C(F)F)cc2)c2nc(C3CC3)[nH]c2c1. The highest BCUT2D eigenvalue weighted by Gasteiger charge is 2.28. The maximum absolute atomic E-state index is 13.0. The van der Waals surface area contributed by atoms with Crippen LogP contribution in [-0.4, -0.2) is 15.1 Å². The maximum atomic E-state index is 13.0. The lowest BCUT2D eigenvalue weighted by atomic mass is 9.89. The predicted octanol–water partition coefficient (Wildman–Crippen LogP) is 6.80. The van der Waals surface area contributed by atoms with Gasteiger partial charge in [-0.25, -0.2) is 13.8 Å². The van der Waals surface area contributed by atoms with Gasteiger partial charge in [0.05, 0.1) is 16.7 Å². The highest BCUT2D eigenvalue weighted by Crippen LogP contribution is 2.42. The van der Waals surface area contributed by atoms with Crippen LogP contribution in [0, 0.1) is 13.8 Å². The second kappa shape index (κ2) is 7.04. The molecule has 4 nitrogen and oxygen atoms in total. The zero-order chi connectivity index (χ0) is 21.0. The highest BCUT2D eigenvalue weighted by molar-refractivity contribution is 5.87. The molecule has 2 aromatic carbocycles. The van der Waals surface area contributed by atoms with Crippen LogP contribution in [0.15, 0.2) is 40.9 Å². The lowest BCUT2D eigenvalue weighted by Crippen LogP contribution is -1.99. The number of alkyl halides is 2. The van der Waals surface area contributed by atoms with Gasteiger partial charge in [-0.1, -0.05) is 36.3 Å². The highest BCUT2D eigenvalue weighted by atomic mass is 19.3. The van der Waals surface area contributed by atoms with Crippen LogP contribution < -0.4 is 0 Å². The van der Waals surface area contributed by atoms with E-state index >= 15 is 0 Å². The molecule has 0 spiro atoms. The van der Waals surface area contributed by atoms with E-state index in [1.165, 1.54) is 12.1 Å². The first-order valence-electron chi connectivity index (χ1n) is 10.3. The van der Waals surface area contributed by atoms with Crippen molar-refractivity contribution in [2.24, 2.45) is 0 Å². The molecule has 30 heavy (non-hydrogen) atoms. The molecular formula is C24H23F2N3O. The van der Waals surface area contributed by atoms with Gasteiger partial charge in [0.25, 0.3) is 6.43 Å². The first-order chi connectivity index (χ1) is 14.4. The fourth-order valence-electron chi connectivity index (χ4n) is 4.19. The summed E-state index contributed by atoms with van der Waals surface area (Å²) in [6.45, 7) is 5.94. The zero-order valence-electron chi connectivity index (χ0n) is 17.2. The summed E-state index contributed by atoms with van der Waals surface area (Å²) in [5, 5.41) is 4.10. The Balaban J connectivity index is 1.66. The van der Waals surface area contributed by atoms with E-state index in [0.717, 1.165) is 63.4 Å². The smallest absolute Gasteiger partial charge is 0.263 e. The zero-order valence-corrected chi connectivity index (χ0v) is 17.2. The number of aryl methyl sites for hydroxylation is 2. The molecule has 4 aromatic rings. The summed E-state index contributed by atoms with van der Waals surface area (Å²) in [6.07, 6.45) is -0.135. The van der Waals surface area contributed by atoms with Gasteiger partial charge in [0.15, 0.2) is 0 Å². The first-order valence-corrected chi connectivity index (χ1v) is 10.3. The molecule has 1 aliphatic rings. The van der Waals surface area contributed by atoms with Gasteiger partial charge in [-0.3, -0.25) is 0 Å². The van der Waals surface area contributed by atoms with Gasteiger partial charge in [-0.05, 0) is 55.5 Å². The van der Waals surface area contributed by atoms with Crippen LogP contribution in [0.2, 0.25) is 0 Å². The summed E-state index contributed by atoms with van der Waals surface area (Å²) >= 11 is 0. The molecule has 6 heteroatoms. The summed E-state index contributed by atoms with van der Waals surface area (Å²) in [7, 11) is 0. The second-order valence-corrected chi connectivity index (χ2v) is 8.25. The predicted molar refractivity (Wildman–Crippen MR) is 112 cm³/mol. The molecule has 0 saturated heterocycles. The summed E-state index contributed by atoms with van der Waals surface area (Å²) in [4.78, 5) is 8.43. The Labute approximate surface area is 173 Å². The number of halogens is 2. The van der Waals surface area contributed by atoms with Crippen LogP contribution in [-0.2, 0) is 0 Å². The van der Waals surface area contributed by atoms with Crippen molar-refractivity contribution < 1.29 is 13.3 Å². The lowest BCUT2D eigenvalue weighted by Gasteiger charge is -2.15. The molecular weight excluding hydrogens is 384 g/mol. The third-order valence-electron chi connectivity index (χ3n) is 6.08. The molecule has 1 aliphatic carbocycles. The lowest BCUT2D eigenvalue weighted by molar-refractivity contribution is 0.151. The Hall–Kier alpha value is -3.02. The number of aromatic amines is 1. The van der Waals surface area contributed by atoms with E-state index in [9.17, 15) is 8.78 Å². The number of H-pyrrole nitrogens is 1. The van der Waals surface area contributed by atoms with Crippen LogP contribution in [0.25, 0.3) is 22.2 Å². The van der Waals surface area contributed by atoms with Gasteiger partial charge in [-0.2, -0.15) is 0 Å². The molecule has 154 valence electrons. The topological polar surface area (TPSA) is 54.7 Å². The largest absolute Gasteiger partial charge is 0.361 e. The van der Waals surface area contributed by atoms with Crippen molar-refractivity contribution in [3.63, 3.8) is 0 Å². The van der Waals surface area contributed by atoms with E-state index in [1.807, 2.05) is 13.8 Å². The van der Waals surface area contributed by atoms with Crippen molar-refractivity contribution in [1.82, 2.24) is 15.1 Å². The van der Waals surface area contributed by atoms with Gasteiger partial charge < -0.3 is 9.51 Å². The Morgan fingerprint density at radius 2 is 1.77 bits per heavy atom. The van der Waals surface area contributed by atoms with Crippen molar-refractivity contribution in [2.45, 2.75) is 51.9 Å². The molecule has 2 heterocycles. The molecule has 1 unspecified atom stereocenters. The maximum Gasteiger partial charge on any atom is 0.263 e. The monoisotopic (exact) mass is 407 g/mol. The minimum atomic E-state index is -2.46. The second-order valence-electron chi connectivity index (χ2n) is 8.25. The third-order valence-corrected chi connectivity index (χ3v) is 6.08. The van der Waals surface area contributed by atoms with Gasteiger partial charge >= 0.3 is 0 Å². The molecule has 0 bridgehead atoms. The number of fused-ring (bicyclic) bond motifs is 1. The summed E-state index contributed by atoms with van der Waals surface area (Å²) in [5.74, 6) is 2.31. The van der Waals surface area contributed by atoms with Crippen molar-refractivity contribution in [3.05, 3.63) is 70.4 Å². The minimum Gasteiger partial charge on any atom is -0.361 e. The number of benzene rings is 2. The number of rotatable bonds is 5. The average Bonchev–Trinajstić information content (AvgIpc) is 3.41. The molecule has 1 fully saturated rings. The average molecular weight is 407 g/mol. The minimum absolute atomic E-state index is 0.00463. The van der Waals surface area contributed by atoms with Crippen molar-refractivity contribution >= 4 is 11.0 Å². The van der Waals surface area contributed by atoms with Gasteiger partial charge in [0, 0.05) is 23.0 Å². The van der Waals surface area contributed by atoms with E-state index < -0.39 is 6.43 Å². The van der Waals surface area contributed by atoms with E-state index in [2.05, 4.69) is 29.2 Å². The Kier molecular flexibility index (Phi) is 4.45. The van der Waals surface area contributed by atoms with Crippen LogP contribution in [0.3, 0.4) is 0 Å². The number of hydrogen-bond acceptors (Lipinski definition) is 3. The standard InChI is InChI=1S/C24H23F2N3O/c1-12(15-4-6-16(7-5-15)23(25)26)19-10-18(21-13(2)29-30-14(21)3)11-20-22(19)28-24(27-20)17-8-9-17/h4-7,10-12,17,23H,8-9H2,1-3H3,(H,27,28). The van der Waals surface area contributed by atoms with Crippen LogP contribution in [0.1, 0.15) is 72.0 Å². The molecule has 0 radical (unpaired) electrons. The fraction of sp³-hybridized carbons (Fsp3) is 0.333. The number of nitrogens with zero attached hydrogens (tertiary/aromatic N) is 2. The number of aromatic nitrogens is 3. The number of imidazole rings is 1. The van der Waals surface area contributed by atoms with Crippen LogP contribution in [0.5, 0.6) is 0 Å². The molecule has 0 aliphatic heterocycles. The first kappa shape index (κ1) is 19.0. The number of nitrogens with one attached hydrogen (secondary N) is 1. The van der Waals surface area contributed by atoms with E-state index in [1.54, 1.807) is 12.1 Å². The van der Waals surface area contributed by atoms with Crippen molar-refractivity contribution in [2.75, 3.05) is 0 Å². The molecule has 1 saturated carbocycles. The van der Waals surface area contributed by atoms with Gasteiger partial charge in [0.1, 0.15) is 11.6 Å². The molecule has 1 N–H and O–H groups in total. The number of hydrogen-bond donors (Lipinski definition) is 1. The van der Waals surface area contributed by atoms with E-state index in [0.29, 0.717) is 5.92 Å². The van der Waals surface area contributed by atoms with Crippen molar-refractivity contribution in [1.29, 1.82) is 0 Å². The molecule has 2 aromatic heterocycles. The molecule has 1 atom stereocenters. The van der Waals surface area contributed by atoms with Crippen LogP contribution >= 0.6 is 0 Å². The molecule has 5 rings (SSSR count). The third kappa shape index (κ3) is 3.20. The summed E-state index contributed by atoms with van der Waals surface area (Å²) in [5.41, 5.74) is 6.86. The van der Waals surface area contributed by atoms with Gasteiger partial charge in [-0.15, -0.1) is 0 Å². The van der Waals surface area contributed by atoms with Gasteiger partial charge in [0.2, 0.25) is 0 Å². The van der Waals surface area contributed by atoms with Crippen molar-refractivity contribution in [3.8, 4) is 11.1 Å². The Bertz CT molecular complexity index is 1200. The fourth-order valence-corrected chi connectivity index (χ4v) is 4.19. The molecule has 0 amide bonds. The van der Waals surface area contributed by atoms with Crippen LogP contribution in [0.4, 0.5) is 8.78 Å². The summed E-state index contributed by atoms with van der Waals surface area (Å²) in [6, 6.07) is 10.8.